The zero-order valence-corrected chi connectivity index (χ0v) is 14.7. The monoisotopic (exact) mass is 345 g/mol. The summed E-state index contributed by atoms with van der Waals surface area (Å²) in [6.45, 7) is 4.92. The third kappa shape index (κ3) is 3.29. The quantitative estimate of drug-likeness (QED) is 0.842. The Morgan fingerprint density at radius 1 is 1.48 bits per heavy atom. The number of likely N-dealkylation sites (tertiary alicyclic amines) is 1. The molecule has 1 saturated heterocycles. The molecule has 2 amide bonds. The van der Waals surface area contributed by atoms with Gasteiger partial charge < -0.3 is 14.7 Å². The molecule has 0 bridgehead atoms. The summed E-state index contributed by atoms with van der Waals surface area (Å²) in [4.78, 5) is 26.9. The van der Waals surface area contributed by atoms with Crippen LogP contribution in [0.2, 0.25) is 0 Å². The number of nitrogens with zero attached hydrogens (tertiary/aromatic N) is 4. The van der Waals surface area contributed by atoms with Gasteiger partial charge in [-0.1, -0.05) is 5.16 Å². The number of hydrogen-bond donors (Lipinski definition) is 1. The Balaban J connectivity index is 1.74. The summed E-state index contributed by atoms with van der Waals surface area (Å²) in [6, 6.07) is 1.50. The smallest absolute Gasteiger partial charge is 0.226 e. The van der Waals surface area contributed by atoms with Crippen LogP contribution >= 0.6 is 0 Å². The first kappa shape index (κ1) is 17.2. The number of carbonyl (C=O) groups excluding carboxylic acids is 2. The molecule has 0 spiro atoms. The van der Waals surface area contributed by atoms with Crippen molar-refractivity contribution in [2.75, 3.05) is 13.1 Å². The highest BCUT2D eigenvalue weighted by atomic mass is 16.5. The predicted molar refractivity (Wildman–Crippen MR) is 89.4 cm³/mol. The third-order valence-electron chi connectivity index (χ3n) is 4.87. The lowest BCUT2D eigenvalue weighted by Gasteiger charge is -2.26. The van der Waals surface area contributed by atoms with Gasteiger partial charge in [0, 0.05) is 50.3 Å². The van der Waals surface area contributed by atoms with E-state index in [0.717, 1.165) is 17.0 Å². The van der Waals surface area contributed by atoms with Crippen molar-refractivity contribution < 1.29 is 14.1 Å². The molecule has 2 atom stereocenters. The minimum absolute atomic E-state index is 0.00686. The average molecular weight is 345 g/mol. The van der Waals surface area contributed by atoms with Crippen molar-refractivity contribution >= 4 is 11.8 Å². The predicted octanol–water partition coefficient (Wildman–Crippen LogP) is 0.985. The summed E-state index contributed by atoms with van der Waals surface area (Å²) in [6.07, 6.45) is 4.09. The van der Waals surface area contributed by atoms with E-state index in [0.29, 0.717) is 19.5 Å². The van der Waals surface area contributed by atoms with Gasteiger partial charge in [0.05, 0.1) is 23.9 Å². The van der Waals surface area contributed by atoms with Crippen LogP contribution in [-0.4, -0.2) is 44.7 Å². The Morgan fingerprint density at radius 2 is 2.28 bits per heavy atom. The SMILES string of the molecule is CCN1C(=O)C[C@H](C(=O)NCCc2ccon2)[C@H]1c1cnn(C)c1C. The van der Waals surface area contributed by atoms with E-state index in [1.807, 2.05) is 20.9 Å². The van der Waals surface area contributed by atoms with Gasteiger partial charge in [-0.05, 0) is 13.8 Å². The first-order valence-corrected chi connectivity index (χ1v) is 8.47. The van der Waals surface area contributed by atoms with Gasteiger partial charge >= 0.3 is 0 Å². The van der Waals surface area contributed by atoms with Gasteiger partial charge in [-0.15, -0.1) is 0 Å². The molecule has 25 heavy (non-hydrogen) atoms. The molecule has 8 nitrogen and oxygen atoms in total. The number of amides is 2. The van der Waals surface area contributed by atoms with Gasteiger partial charge in [0.2, 0.25) is 11.8 Å². The first-order valence-electron chi connectivity index (χ1n) is 8.47. The zero-order chi connectivity index (χ0) is 18.0. The highest BCUT2D eigenvalue weighted by molar-refractivity contribution is 5.90. The van der Waals surface area contributed by atoms with Crippen LogP contribution in [0, 0.1) is 12.8 Å². The Bertz CT molecular complexity index is 752. The Kier molecular flexibility index (Phi) is 4.87. The maximum atomic E-state index is 12.7. The molecule has 3 rings (SSSR count). The van der Waals surface area contributed by atoms with Gasteiger partial charge in [0.25, 0.3) is 0 Å². The summed E-state index contributed by atoms with van der Waals surface area (Å²) >= 11 is 0. The molecule has 2 aromatic rings. The molecule has 2 aromatic heterocycles. The van der Waals surface area contributed by atoms with Crippen molar-refractivity contribution in [2.45, 2.75) is 32.7 Å². The van der Waals surface area contributed by atoms with Gasteiger partial charge in [-0.2, -0.15) is 5.10 Å². The van der Waals surface area contributed by atoms with E-state index in [4.69, 9.17) is 4.52 Å². The van der Waals surface area contributed by atoms with Crippen LogP contribution in [0.25, 0.3) is 0 Å². The molecule has 1 fully saturated rings. The Hall–Kier alpha value is -2.64. The fourth-order valence-corrected chi connectivity index (χ4v) is 3.40. The van der Waals surface area contributed by atoms with Crippen LogP contribution in [0.5, 0.6) is 0 Å². The molecule has 3 heterocycles. The van der Waals surface area contributed by atoms with Crippen molar-refractivity contribution in [2.24, 2.45) is 13.0 Å². The molecule has 0 radical (unpaired) electrons. The van der Waals surface area contributed by atoms with E-state index in [1.54, 1.807) is 21.8 Å². The molecule has 8 heteroatoms. The van der Waals surface area contributed by atoms with Crippen LogP contribution in [-0.2, 0) is 23.1 Å². The van der Waals surface area contributed by atoms with Crippen LogP contribution < -0.4 is 5.32 Å². The minimum atomic E-state index is -0.410. The van der Waals surface area contributed by atoms with E-state index in [1.165, 1.54) is 6.26 Å². The van der Waals surface area contributed by atoms with E-state index >= 15 is 0 Å². The van der Waals surface area contributed by atoms with Crippen molar-refractivity contribution in [1.29, 1.82) is 0 Å². The van der Waals surface area contributed by atoms with Gasteiger partial charge in [0.1, 0.15) is 6.26 Å². The largest absolute Gasteiger partial charge is 0.365 e. The Morgan fingerprint density at radius 3 is 2.88 bits per heavy atom. The molecule has 0 saturated carbocycles. The molecular weight excluding hydrogens is 322 g/mol. The molecular formula is C17H23N5O3. The topological polar surface area (TPSA) is 93.3 Å². The Labute approximate surface area is 146 Å². The molecule has 1 aliphatic rings. The highest BCUT2D eigenvalue weighted by Crippen LogP contribution is 2.39. The van der Waals surface area contributed by atoms with E-state index in [-0.39, 0.29) is 24.3 Å². The van der Waals surface area contributed by atoms with E-state index < -0.39 is 5.92 Å². The lowest BCUT2D eigenvalue weighted by Crippen LogP contribution is -2.36. The van der Waals surface area contributed by atoms with Crippen molar-refractivity contribution in [3.8, 4) is 0 Å². The van der Waals surface area contributed by atoms with Gasteiger partial charge in [-0.25, -0.2) is 0 Å². The average Bonchev–Trinajstić information content (AvgIpc) is 3.29. The second kappa shape index (κ2) is 7.08. The number of nitrogens with one attached hydrogen (secondary N) is 1. The highest BCUT2D eigenvalue weighted by Gasteiger charge is 2.44. The normalized spacial score (nSPS) is 20.3. The van der Waals surface area contributed by atoms with Gasteiger partial charge in [-0.3, -0.25) is 14.3 Å². The van der Waals surface area contributed by atoms with Crippen molar-refractivity contribution in [3.05, 3.63) is 35.5 Å². The number of hydrogen-bond acceptors (Lipinski definition) is 5. The van der Waals surface area contributed by atoms with E-state index in [9.17, 15) is 9.59 Å². The lowest BCUT2D eigenvalue weighted by molar-refractivity contribution is -0.129. The second-order valence-corrected chi connectivity index (χ2v) is 6.28. The number of rotatable bonds is 6. The summed E-state index contributed by atoms with van der Waals surface area (Å²) in [7, 11) is 1.86. The van der Waals surface area contributed by atoms with Crippen LogP contribution in [0.4, 0.5) is 0 Å². The number of aromatic nitrogens is 3. The maximum absolute atomic E-state index is 12.7. The molecule has 1 aliphatic heterocycles. The number of aryl methyl sites for hydroxylation is 1. The maximum Gasteiger partial charge on any atom is 0.226 e. The fourth-order valence-electron chi connectivity index (χ4n) is 3.40. The molecule has 1 N–H and O–H groups in total. The summed E-state index contributed by atoms with van der Waals surface area (Å²) in [5.41, 5.74) is 2.70. The molecule has 0 aliphatic carbocycles. The lowest BCUT2D eigenvalue weighted by atomic mass is 9.93. The molecule has 134 valence electrons. The third-order valence-corrected chi connectivity index (χ3v) is 4.87. The second-order valence-electron chi connectivity index (χ2n) is 6.28. The summed E-state index contributed by atoms with van der Waals surface area (Å²) < 4.78 is 6.55. The molecule has 0 unspecified atom stereocenters. The number of carbonyl (C=O) groups is 2. The summed E-state index contributed by atoms with van der Waals surface area (Å²) in [5.74, 6) is -0.513. The van der Waals surface area contributed by atoms with Gasteiger partial charge in [0.15, 0.2) is 0 Å². The van der Waals surface area contributed by atoms with Crippen molar-refractivity contribution in [1.82, 2.24) is 25.2 Å². The van der Waals surface area contributed by atoms with Crippen LogP contribution in [0.1, 0.15) is 36.3 Å². The van der Waals surface area contributed by atoms with E-state index in [2.05, 4.69) is 15.6 Å². The standard InChI is InChI=1S/C17H23N5O3/c1-4-22-15(23)9-13(16(22)14-10-19-21(3)11(14)2)17(24)18-7-5-12-6-8-25-20-12/h6,8,10,13,16H,4-5,7,9H2,1-3H3,(H,18,24)/t13-,16-/m0/s1. The van der Waals surface area contributed by atoms with Crippen LogP contribution in [0.15, 0.2) is 23.0 Å². The first-order chi connectivity index (χ1) is 12.0. The zero-order valence-electron chi connectivity index (χ0n) is 14.7. The van der Waals surface area contributed by atoms with Crippen molar-refractivity contribution in [3.63, 3.8) is 0 Å². The summed E-state index contributed by atoms with van der Waals surface area (Å²) in [5, 5.41) is 11.0. The minimum Gasteiger partial charge on any atom is -0.365 e. The fraction of sp³-hybridized carbons (Fsp3) is 0.529. The van der Waals surface area contributed by atoms with Crippen LogP contribution in [0.3, 0.4) is 0 Å². The molecule has 0 aromatic carbocycles.